The number of hydrogen-bond donors (Lipinski definition) is 1. The van der Waals surface area contributed by atoms with Crippen LogP contribution in [0.2, 0.25) is 0 Å². The molecule has 0 radical (unpaired) electrons. The fourth-order valence-corrected chi connectivity index (χ4v) is 4.14. The molecule has 0 aromatic heterocycles. The van der Waals surface area contributed by atoms with Gasteiger partial charge in [-0.25, -0.2) is 8.98 Å². The van der Waals surface area contributed by atoms with Gasteiger partial charge in [-0.2, -0.15) is 8.42 Å². The van der Waals surface area contributed by atoms with Gasteiger partial charge in [-0.3, -0.25) is 4.55 Å². The van der Waals surface area contributed by atoms with E-state index in [1.807, 2.05) is 0 Å². The molecule has 0 aromatic carbocycles. The molecule has 0 aromatic rings. The molecule has 0 heterocycles. The zero-order chi connectivity index (χ0) is 23.2. The second kappa shape index (κ2) is 21.2. The molecule has 0 amide bonds. The van der Waals surface area contributed by atoms with Crippen LogP contribution in [-0.4, -0.2) is 31.7 Å². The molecule has 1 unspecified atom stereocenters. The van der Waals surface area contributed by atoms with Crippen LogP contribution in [0.15, 0.2) is 0 Å². The van der Waals surface area contributed by atoms with Gasteiger partial charge >= 0.3 is 16.4 Å². The predicted molar refractivity (Wildman–Crippen MR) is 126 cm³/mol. The Morgan fingerprint density at radius 1 is 0.677 bits per heavy atom. The predicted octanol–water partition coefficient (Wildman–Crippen LogP) is 7.17. The van der Waals surface area contributed by atoms with Gasteiger partial charge in [-0.15, -0.1) is 0 Å². The van der Waals surface area contributed by atoms with Crippen LogP contribution in [-0.2, 0) is 24.1 Å². The second-order valence-corrected chi connectivity index (χ2v) is 9.67. The van der Waals surface area contributed by atoms with Gasteiger partial charge < -0.3 is 4.74 Å². The first kappa shape index (κ1) is 30.3. The number of carbonyl (C=O) groups is 1. The van der Waals surface area contributed by atoms with Crippen molar-refractivity contribution in [2.24, 2.45) is 0 Å². The van der Waals surface area contributed by atoms with E-state index in [2.05, 4.69) is 18.0 Å². The third-order valence-corrected chi connectivity index (χ3v) is 6.04. The smallest absolute Gasteiger partial charge is 0.398 e. The quantitative estimate of drug-likeness (QED) is 0.0979. The standard InChI is InChI=1S/C24H48O6S/c1-3-5-7-9-10-11-12-13-14-15-16-17-18-20-22-29-24(25)23(30-31(26,27)28)21-19-8-6-4-2/h23H,3-22H2,1-2H3,(H,26,27,28). The number of unbranched alkanes of at least 4 members (excludes halogenated alkanes) is 16. The van der Waals surface area contributed by atoms with Crippen molar-refractivity contribution in [2.75, 3.05) is 6.61 Å². The Kier molecular flexibility index (Phi) is 20.7. The Balaban J connectivity index is 3.67. The van der Waals surface area contributed by atoms with Crippen molar-refractivity contribution in [2.45, 2.75) is 142 Å². The molecular formula is C24H48O6S. The summed E-state index contributed by atoms with van der Waals surface area (Å²) in [5.74, 6) is -0.705. The summed E-state index contributed by atoms with van der Waals surface area (Å²) in [6.07, 6.45) is 20.1. The minimum atomic E-state index is -4.67. The van der Waals surface area contributed by atoms with Gasteiger partial charge in [-0.05, 0) is 12.8 Å². The molecule has 0 fully saturated rings. The van der Waals surface area contributed by atoms with Crippen LogP contribution in [0.1, 0.15) is 136 Å². The van der Waals surface area contributed by atoms with E-state index in [4.69, 9.17) is 9.29 Å². The minimum absolute atomic E-state index is 0.233. The van der Waals surface area contributed by atoms with E-state index in [1.54, 1.807) is 0 Å². The van der Waals surface area contributed by atoms with E-state index in [0.29, 0.717) is 6.42 Å². The maximum absolute atomic E-state index is 12.1. The van der Waals surface area contributed by atoms with E-state index in [-0.39, 0.29) is 13.0 Å². The van der Waals surface area contributed by atoms with Crippen LogP contribution in [0.3, 0.4) is 0 Å². The normalized spacial score (nSPS) is 12.7. The summed E-state index contributed by atoms with van der Waals surface area (Å²) < 4.78 is 40.5. The number of carbonyl (C=O) groups excluding carboxylic acids is 1. The summed E-state index contributed by atoms with van der Waals surface area (Å²) in [6, 6.07) is 0. The third-order valence-electron chi connectivity index (χ3n) is 5.56. The largest absolute Gasteiger partial charge is 0.464 e. The lowest BCUT2D eigenvalue weighted by Crippen LogP contribution is -2.29. The fraction of sp³-hybridized carbons (Fsp3) is 0.958. The zero-order valence-electron chi connectivity index (χ0n) is 20.1. The van der Waals surface area contributed by atoms with Crippen LogP contribution in [0.5, 0.6) is 0 Å². The highest BCUT2D eigenvalue weighted by Crippen LogP contribution is 2.14. The monoisotopic (exact) mass is 464 g/mol. The minimum Gasteiger partial charge on any atom is -0.464 e. The highest BCUT2D eigenvalue weighted by atomic mass is 32.3. The Morgan fingerprint density at radius 2 is 1.06 bits per heavy atom. The number of esters is 1. The van der Waals surface area contributed by atoms with E-state index in [9.17, 15) is 13.2 Å². The fourth-order valence-electron chi connectivity index (χ4n) is 3.67. The highest BCUT2D eigenvalue weighted by molar-refractivity contribution is 7.80. The van der Waals surface area contributed by atoms with Crippen LogP contribution in [0, 0.1) is 0 Å². The van der Waals surface area contributed by atoms with Crippen molar-refractivity contribution in [3.8, 4) is 0 Å². The maximum atomic E-state index is 12.1. The first-order chi connectivity index (χ1) is 14.9. The topological polar surface area (TPSA) is 89.9 Å². The number of ether oxygens (including phenoxy) is 1. The second-order valence-electron chi connectivity index (χ2n) is 8.63. The Labute approximate surface area is 191 Å². The molecule has 1 atom stereocenters. The molecule has 0 spiro atoms. The zero-order valence-corrected chi connectivity index (χ0v) is 20.9. The van der Waals surface area contributed by atoms with Crippen LogP contribution < -0.4 is 0 Å². The van der Waals surface area contributed by atoms with Crippen LogP contribution in [0.4, 0.5) is 0 Å². The molecule has 0 rings (SSSR count). The summed E-state index contributed by atoms with van der Waals surface area (Å²) in [6.45, 7) is 4.58. The van der Waals surface area contributed by atoms with E-state index >= 15 is 0 Å². The Hall–Kier alpha value is -0.660. The first-order valence-corrected chi connectivity index (χ1v) is 14.1. The molecule has 0 aliphatic carbocycles. The molecule has 0 saturated carbocycles. The molecule has 6 nitrogen and oxygen atoms in total. The molecule has 1 N–H and O–H groups in total. The van der Waals surface area contributed by atoms with Gasteiger partial charge in [0.05, 0.1) is 6.61 Å². The summed E-state index contributed by atoms with van der Waals surface area (Å²) in [4.78, 5) is 12.1. The van der Waals surface area contributed by atoms with E-state index < -0.39 is 22.5 Å². The van der Waals surface area contributed by atoms with Crippen molar-refractivity contribution in [1.29, 1.82) is 0 Å². The highest BCUT2D eigenvalue weighted by Gasteiger charge is 2.26. The maximum Gasteiger partial charge on any atom is 0.398 e. The first-order valence-electron chi connectivity index (χ1n) is 12.7. The number of rotatable bonds is 23. The molecule has 186 valence electrons. The van der Waals surface area contributed by atoms with Crippen LogP contribution >= 0.6 is 0 Å². The third kappa shape index (κ3) is 22.3. The SMILES string of the molecule is CCCCCCCCCCCCCCCCOC(=O)C(CCCCCC)OS(=O)(=O)O. The van der Waals surface area contributed by atoms with Crippen molar-refractivity contribution in [3.05, 3.63) is 0 Å². The molecule has 0 bridgehead atoms. The lowest BCUT2D eigenvalue weighted by atomic mass is 10.0. The molecule has 0 aliphatic rings. The van der Waals surface area contributed by atoms with Crippen molar-refractivity contribution < 1.29 is 26.7 Å². The van der Waals surface area contributed by atoms with Gasteiger partial charge in [0.15, 0.2) is 6.10 Å². The summed E-state index contributed by atoms with van der Waals surface area (Å²) in [5, 5.41) is 0. The van der Waals surface area contributed by atoms with Crippen molar-refractivity contribution >= 4 is 16.4 Å². The van der Waals surface area contributed by atoms with Gasteiger partial charge in [0.1, 0.15) is 0 Å². The summed E-state index contributed by atoms with van der Waals surface area (Å²) in [5.41, 5.74) is 0. The van der Waals surface area contributed by atoms with Crippen molar-refractivity contribution in [1.82, 2.24) is 0 Å². The van der Waals surface area contributed by atoms with Crippen LogP contribution in [0.25, 0.3) is 0 Å². The molecule has 31 heavy (non-hydrogen) atoms. The summed E-state index contributed by atoms with van der Waals surface area (Å²) >= 11 is 0. The van der Waals surface area contributed by atoms with E-state index in [1.165, 1.54) is 70.6 Å². The molecule has 7 heteroatoms. The molecule has 0 aliphatic heterocycles. The number of hydrogen-bond acceptors (Lipinski definition) is 5. The van der Waals surface area contributed by atoms with Gasteiger partial charge in [-0.1, -0.05) is 123 Å². The lowest BCUT2D eigenvalue weighted by molar-refractivity contribution is -0.152. The van der Waals surface area contributed by atoms with Gasteiger partial charge in [0.25, 0.3) is 0 Å². The molecular weight excluding hydrogens is 416 g/mol. The van der Waals surface area contributed by atoms with Crippen molar-refractivity contribution in [3.63, 3.8) is 0 Å². The van der Waals surface area contributed by atoms with E-state index in [0.717, 1.165) is 38.5 Å². The summed E-state index contributed by atoms with van der Waals surface area (Å²) in [7, 11) is -4.67. The molecule has 0 saturated heterocycles. The average Bonchev–Trinajstić information content (AvgIpc) is 2.72. The van der Waals surface area contributed by atoms with Gasteiger partial charge in [0.2, 0.25) is 0 Å². The average molecular weight is 465 g/mol. The van der Waals surface area contributed by atoms with Gasteiger partial charge in [0, 0.05) is 0 Å². The Morgan fingerprint density at radius 3 is 1.48 bits per heavy atom. The lowest BCUT2D eigenvalue weighted by Gasteiger charge is -2.14. The Bertz CT molecular complexity index is 506.